The van der Waals surface area contributed by atoms with Crippen molar-refractivity contribution >= 4 is 11.8 Å². The number of halogens is 4. The quantitative estimate of drug-likeness (QED) is 0.666. The molecule has 1 aliphatic carbocycles. The fraction of sp³-hybridized carbons (Fsp3) is 0.800. The molecule has 108 valence electrons. The maximum absolute atomic E-state index is 13.1. The molecular formula is C10H14F4N4S. The van der Waals surface area contributed by atoms with Crippen molar-refractivity contribution in [3.8, 4) is 0 Å². The first-order valence-electron chi connectivity index (χ1n) is 5.71. The van der Waals surface area contributed by atoms with E-state index in [1.54, 1.807) is 18.7 Å². The molecule has 1 unspecified atom stereocenters. The van der Waals surface area contributed by atoms with Crippen LogP contribution in [0.3, 0.4) is 0 Å². The topological polar surface area (TPSA) is 42.7 Å². The third-order valence-electron chi connectivity index (χ3n) is 3.18. The molecule has 9 heteroatoms. The van der Waals surface area contributed by atoms with E-state index in [1.807, 2.05) is 0 Å². The summed E-state index contributed by atoms with van der Waals surface area (Å²) in [7, 11) is 3.46. The van der Waals surface area contributed by atoms with Gasteiger partial charge in [0.05, 0.1) is 6.54 Å². The number of thioether (sulfide) groups is 1. The number of rotatable bonds is 5. The molecule has 0 amide bonds. The second kappa shape index (κ2) is 4.93. The van der Waals surface area contributed by atoms with Gasteiger partial charge in [-0.25, -0.2) is 0 Å². The summed E-state index contributed by atoms with van der Waals surface area (Å²) in [5, 5.41) is 11.1. The second-order valence-electron chi connectivity index (χ2n) is 4.53. The smallest absolute Gasteiger partial charge is 0.313 e. The van der Waals surface area contributed by atoms with Crippen LogP contribution in [0.25, 0.3) is 0 Å². The average Bonchev–Trinajstić information content (AvgIpc) is 2.67. The first-order valence-corrected chi connectivity index (χ1v) is 6.69. The summed E-state index contributed by atoms with van der Waals surface area (Å²) >= 11 is 1.03. The molecule has 0 spiro atoms. The Labute approximate surface area is 112 Å². The Morgan fingerprint density at radius 1 is 1.37 bits per heavy atom. The first-order chi connectivity index (χ1) is 8.79. The van der Waals surface area contributed by atoms with Crippen molar-refractivity contribution in [2.24, 2.45) is 13.0 Å². The molecule has 1 N–H and O–H groups in total. The fourth-order valence-corrected chi connectivity index (χ4v) is 2.94. The van der Waals surface area contributed by atoms with Crippen molar-refractivity contribution in [3.63, 3.8) is 0 Å². The van der Waals surface area contributed by atoms with Crippen LogP contribution >= 0.6 is 11.8 Å². The number of nitrogens with zero attached hydrogens (tertiary/aromatic N) is 3. The minimum atomic E-state index is -3.91. The van der Waals surface area contributed by atoms with Gasteiger partial charge < -0.3 is 9.88 Å². The summed E-state index contributed by atoms with van der Waals surface area (Å²) < 4.78 is 53.2. The molecule has 1 saturated carbocycles. The molecule has 0 radical (unpaired) electrons. The molecule has 1 aromatic heterocycles. The molecule has 0 aromatic carbocycles. The molecule has 0 aliphatic heterocycles. The van der Waals surface area contributed by atoms with Crippen LogP contribution in [0.2, 0.25) is 0 Å². The van der Waals surface area contributed by atoms with Crippen LogP contribution in [-0.2, 0) is 13.6 Å². The van der Waals surface area contributed by atoms with Crippen molar-refractivity contribution in [2.45, 2.75) is 30.0 Å². The van der Waals surface area contributed by atoms with Gasteiger partial charge in [0.1, 0.15) is 5.82 Å². The molecule has 1 aliphatic rings. The van der Waals surface area contributed by atoms with Gasteiger partial charge in [0, 0.05) is 25.1 Å². The minimum absolute atomic E-state index is 0.0892. The standard InChI is InChI=1S/C10H14F4N4S/c1-15-4-7-16-17-8(18(7)2)19-5-6-3-9(11,12)10(6,13)14/h6,15H,3-5H2,1-2H3. The predicted octanol–water partition coefficient (Wildman–Crippen LogP) is 1.92. The summed E-state index contributed by atoms with van der Waals surface area (Å²) in [6, 6.07) is 0. The molecule has 1 atom stereocenters. The van der Waals surface area contributed by atoms with Crippen LogP contribution in [0.15, 0.2) is 5.16 Å². The first kappa shape index (κ1) is 14.6. The number of aromatic nitrogens is 3. The van der Waals surface area contributed by atoms with E-state index >= 15 is 0 Å². The fourth-order valence-electron chi connectivity index (χ4n) is 1.86. The van der Waals surface area contributed by atoms with Gasteiger partial charge in [0.25, 0.3) is 0 Å². The van der Waals surface area contributed by atoms with Crippen molar-refractivity contribution in [2.75, 3.05) is 12.8 Å². The lowest BCUT2D eigenvalue weighted by Gasteiger charge is -2.43. The molecule has 0 bridgehead atoms. The maximum Gasteiger partial charge on any atom is 0.314 e. The van der Waals surface area contributed by atoms with E-state index in [2.05, 4.69) is 15.5 Å². The van der Waals surface area contributed by atoms with Gasteiger partial charge in [-0.1, -0.05) is 11.8 Å². The van der Waals surface area contributed by atoms with Crippen LogP contribution in [0.5, 0.6) is 0 Å². The molecule has 2 rings (SSSR count). The van der Waals surface area contributed by atoms with Crippen LogP contribution < -0.4 is 5.32 Å². The van der Waals surface area contributed by atoms with Gasteiger partial charge in [-0.3, -0.25) is 0 Å². The van der Waals surface area contributed by atoms with Gasteiger partial charge in [0.2, 0.25) is 0 Å². The monoisotopic (exact) mass is 298 g/mol. The zero-order valence-electron chi connectivity index (χ0n) is 10.5. The number of hydrogen-bond donors (Lipinski definition) is 1. The van der Waals surface area contributed by atoms with Crippen molar-refractivity contribution in [1.29, 1.82) is 0 Å². The second-order valence-corrected chi connectivity index (χ2v) is 5.51. The molecular weight excluding hydrogens is 284 g/mol. The van der Waals surface area contributed by atoms with Crippen LogP contribution in [0, 0.1) is 5.92 Å². The summed E-state index contributed by atoms with van der Waals surface area (Å²) in [6.07, 6.45) is -0.770. The zero-order valence-corrected chi connectivity index (χ0v) is 11.3. The summed E-state index contributed by atoms with van der Waals surface area (Å²) in [5.41, 5.74) is 0. The minimum Gasteiger partial charge on any atom is -0.313 e. The molecule has 1 heterocycles. The Bertz CT molecular complexity index is 462. The van der Waals surface area contributed by atoms with Gasteiger partial charge >= 0.3 is 11.8 Å². The number of hydrogen-bond acceptors (Lipinski definition) is 4. The number of nitrogens with one attached hydrogen (secondary N) is 1. The van der Waals surface area contributed by atoms with E-state index in [-0.39, 0.29) is 5.75 Å². The van der Waals surface area contributed by atoms with Gasteiger partial charge in [-0.15, -0.1) is 10.2 Å². The van der Waals surface area contributed by atoms with Crippen molar-refractivity contribution in [3.05, 3.63) is 5.82 Å². The van der Waals surface area contributed by atoms with E-state index in [4.69, 9.17) is 0 Å². The maximum atomic E-state index is 13.1. The van der Waals surface area contributed by atoms with Crippen LogP contribution in [-0.4, -0.2) is 39.4 Å². The van der Waals surface area contributed by atoms with Gasteiger partial charge in [0.15, 0.2) is 5.16 Å². The Kier molecular flexibility index (Phi) is 3.78. The summed E-state index contributed by atoms with van der Waals surface area (Å²) in [5.74, 6) is -8.51. The predicted molar refractivity (Wildman–Crippen MR) is 62.5 cm³/mol. The van der Waals surface area contributed by atoms with E-state index < -0.39 is 24.2 Å². The molecule has 1 fully saturated rings. The lowest BCUT2D eigenvalue weighted by atomic mass is 9.78. The zero-order chi connectivity index (χ0) is 14.3. The lowest BCUT2D eigenvalue weighted by molar-refractivity contribution is -0.307. The summed E-state index contributed by atoms with van der Waals surface area (Å²) in [4.78, 5) is 0. The van der Waals surface area contributed by atoms with Gasteiger partial charge in [-0.05, 0) is 7.05 Å². The molecule has 1 aromatic rings. The Balaban J connectivity index is 1.94. The lowest BCUT2D eigenvalue weighted by Crippen LogP contribution is -2.59. The number of alkyl halides is 4. The third kappa shape index (κ3) is 2.45. The summed E-state index contributed by atoms with van der Waals surface area (Å²) in [6.45, 7) is 0.502. The Hall–Kier alpha value is -0.830. The van der Waals surface area contributed by atoms with Gasteiger partial charge in [-0.2, -0.15) is 17.6 Å². The molecule has 4 nitrogen and oxygen atoms in total. The Morgan fingerprint density at radius 3 is 2.58 bits per heavy atom. The van der Waals surface area contributed by atoms with E-state index in [0.717, 1.165) is 11.8 Å². The van der Waals surface area contributed by atoms with Crippen LogP contribution in [0.4, 0.5) is 17.6 Å². The molecule has 19 heavy (non-hydrogen) atoms. The van der Waals surface area contributed by atoms with Crippen molar-refractivity contribution < 1.29 is 17.6 Å². The van der Waals surface area contributed by atoms with E-state index in [0.29, 0.717) is 17.5 Å². The normalized spacial score (nSPS) is 24.2. The molecule has 0 saturated heterocycles. The highest BCUT2D eigenvalue weighted by Gasteiger charge is 2.71. The van der Waals surface area contributed by atoms with E-state index in [1.165, 1.54) is 0 Å². The van der Waals surface area contributed by atoms with Crippen molar-refractivity contribution in [1.82, 2.24) is 20.1 Å². The SMILES string of the molecule is CNCc1nnc(SCC2CC(F)(F)C2(F)F)n1C. The van der Waals surface area contributed by atoms with Crippen LogP contribution in [0.1, 0.15) is 12.2 Å². The highest BCUT2D eigenvalue weighted by Crippen LogP contribution is 2.56. The largest absolute Gasteiger partial charge is 0.314 e. The average molecular weight is 298 g/mol. The van der Waals surface area contributed by atoms with E-state index in [9.17, 15) is 17.6 Å². The highest BCUT2D eigenvalue weighted by atomic mass is 32.2. The Morgan fingerprint density at radius 2 is 2.05 bits per heavy atom. The highest BCUT2D eigenvalue weighted by molar-refractivity contribution is 7.99. The third-order valence-corrected chi connectivity index (χ3v) is 4.36.